The summed E-state index contributed by atoms with van der Waals surface area (Å²) in [5.74, 6) is -0.886. The Labute approximate surface area is 289 Å². The predicted octanol–water partition coefficient (Wildman–Crippen LogP) is -5.86. The van der Waals surface area contributed by atoms with Gasteiger partial charge in [-0.25, -0.2) is 0 Å². The smallest absolute Gasteiger partial charge is 0.229 e. The van der Waals surface area contributed by atoms with Crippen molar-refractivity contribution >= 4 is 6.08 Å². The topological polar surface area (TPSA) is 340 Å². The van der Waals surface area contributed by atoms with Crippen LogP contribution in [0, 0.1) is 0 Å². The van der Waals surface area contributed by atoms with Gasteiger partial charge in [0, 0.05) is 18.1 Å². The van der Waals surface area contributed by atoms with Crippen molar-refractivity contribution < 1.29 is 95.5 Å². The first-order valence-electron chi connectivity index (χ1n) is 16.0. The standard InChI is InChI=1S/C32H44O19/c33-9-16-18(37)20(39)23(42)28(49-16)27(46)29-24(43)22(41)26(45)31(51-29)48-14-6-11(5-13(35)7-14)1-2-12-3-4-32(47,8-15(12)36)30-25(44)21(40)19(38)17(10-34)50-30/h1-7,16-31,33-47H,8-10H2/t16-,17-,18-,19-,20+,21+,22+,23-,24+,25-,26-,27?,28?,29+,30?,31?,32?/m1/s1. The van der Waals surface area contributed by atoms with Gasteiger partial charge in [-0.15, -0.1) is 0 Å². The number of phenolic OH excluding ortho intramolecular Hbond substituents is 1. The molecule has 3 aliphatic heterocycles. The molecule has 1 aromatic carbocycles. The van der Waals surface area contributed by atoms with E-state index in [-0.39, 0.29) is 28.4 Å². The quantitative estimate of drug-likeness (QED) is 0.112. The Bertz CT molecular complexity index is 1450. The molecule has 1 aromatic rings. The van der Waals surface area contributed by atoms with Crippen molar-refractivity contribution in [2.24, 2.45) is 0 Å². The van der Waals surface area contributed by atoms with Crippen LogP contribution < -0.4 is 4.74 Å². The molecular weight excluding hydrogens is 688 g/mol. The zero-order valence-corrected chi connectivity index (χ0v) is 26.7. The molecule has 286 valence electrons. The van der Waals surface area contributed by atoms with E-state index in [1.54, 1.807) is 0 Å². The Morgan fingerprint density at radius 2 is 1.27 bits per heavy atom. The summed E-state index contributed by atoms with van der Waals surface area (Å²) in [5.41, 5.74) is -1.63. The summed E-state index contributed by atoms with van der Waals surface area (Å²) < 4.78 is 22.0. The highest BCUT2D eigenvalue weighted by atomic mass is 16.7. The third-order valence-electron chi connectivity index (χ3n) is 9.55. The Balaban J connectivity index is 1.29. The molecule has 19 nitrogen and oxygen atoms in total. The van der Waals surface area contributed by atoms with Gasteiger partial charge in [0.1, 0.15) is 114 Å². The number of aromatic hydroxyl groups is 1. The molecule has 3 heterocycles. The van der Waals surface area contributed by atoms with Crippen molar-refractivity contribution in [1.29, 1.82) is 0 Å². The van der Waals surface area contributed by atoms with Gasteiger partial charge >= 0.3 is 0 Å². The molecule has 3 fully saturated rings. The monoisotopic (exact) mass is 732 g/mol. The van der Waals surface area contributed by atoms with E-state index in [9.17, 15) is 76.6 Å². The van der Waals surface area contributed by atoms with E-state index in [0.29, 0.717) is 0 Å². The minimum absolute atomic E-state index is 0.155. The van der Waals surface area contributed by atoms with Crippen LogP contribution in [0.3, 0.4) is 0 Å². The number of rotatable bonds is 9. The zero-order chi connectivity index (χ0) is 37.5. The first-order valence-corrected chi connectivity index (χ1v) is 16.0. The zero-order valence-electron chi connectivity index (χ0n) is 26.7. The van der Waals surface area contributed by atoms with E-state index in [0.717, 1.165) is 6.07 Å². The average Bonchev–Trinajstić information content (AvgIpc) is 3.09. The summed E-state index contributed by atoms with van der Waals surface area (Å²) >= 11 is 0. The van der Waals surface area contributed by atoms with E-state index in [1.165, 1.54) is 36.4 Å². The lowest BCUT2D eigenvalue weighted by molar-refractivity contribution is -0.313. The SMILES string of the molecule is OC[C@H]1OC(C(O)[C@H]2OC(Oc3cc(O)cc(C=CC4=C(O)CC(O)(C5O[C@H](CO)[C@@H](O)[C@H](O)[C@H]5O)C=C4)c3)[C@H](O)[C@@H](O)[C@@H]2O)[C@H](O)[C@@H](O)[C@@H]1O. The highest BCUT2D eigenvalue weighted by Gasteiger charge is 2.55. The van der Waals surface area contributed by atoms with Crippen molar-refractivity contribution in [3.05, 3.63) is 53.3 Å². The molecule has 0 spiro atoms. The number of benzene rings is 1. The van der Waals surface area contributed by atoms with Crippen LogP contribution in [0.1, 0.15) is 12.0 Å². The van der Waals surface area contributed by atoms with Crippen LogP contribution >= 0.6 is 0 Å². The normalized spacial score (nSPS) is 44.1. The Kier molecular flexibility index (Phi) is 12.1. The highest BCUT2D eigenvalue weighted by Crippen LogP contribution is 2.37. The van der Waals surface area contributed by atoms with Gasteiger partial charge in [0.05, 0.1) is 13.2 Å². The molecule has 19 heteroatoms. The third kappa shape index (κ3) is 7.80. The number of aliphatic hydroxyl groups excluding tert-OH is 13. The summed E-state index contributed by atoms with van der Waals surface area (Å²) in [6, 6.07) is 3.72. The van der Waals surface area contributed by atoms with Crippen molar-refractivity contribution in [1.82, 2.24) is 0 Å². The fraction of sp³-hybridized carbons (Fsp3) is 0.625. The van der Waals surface area contributed by atoms with Gasteiger partial charge in [-0.1, -0.05) is 18.2 Å². The molecule has 5 unspecified atom stereocenters. The third-order valence-corrected chi connectivity index (χ3v) is 9.55. The molecule has 0 aromatic heterocycles. The van der Waals surface area contributed by atoms with Crippen molar-refractivity contribution in [2.75, 3.05) is 13.2 Å². The lowest BCUT2D eigenvalue weighted by atomic mass is 9.79. The van der Waals surface area contributed by atoms with Gasteiger partial charge in [0.25, 0.3) is 0 Å². The number of phenols is 1. The average molecular weight is 733 g/mol. The molecule has 0 radical (unpaired) electrons. The molecule has 4 aliphatic rings. The van der Waals surface area contributed by atoms with Gasteiger partial charge in [0.2, 0.25) is 6.29 Å². The fourth-order valence-corrected chi connectivity index (χ4v) is 6.56. The molecule has 3 saturated heterocycles. The minimum Gasteiger partial charge on any atom is -0.512 e. The van der Waals surface area contributed by atoms with Crippen molar-refractivity contribution in [3.8, 4) is 11.5 Å². The maximum absolute atomic E-state index is 11.2. The number of allylic oxidation sites excluding steroid dienone is 3. The van der Waals surface area contributed by atoms with Gasteiger partial charge in [-0.2, -0.15) is 0 Å². The summed E-state index contributed by atoms with van der Waals surface area (Å²) in [6.45, 7) is -1.52. The van der Waals surface area contributed by atoms with Crippen molar-refractivity contribution in [2.45, 2.75) is 110 Å². The van der Waals surface area contributed by atoms with Crippen LogP contribution in [0.25, 0.3) is 6.08 Å². The molecule has 0 saturated carbocycles. The lowest BCUT2D eigenvalue weighted by Crippen LogP contribution is -2.68. The number of aliphatic hydroxyl groups is 14. The van der Waals surface area contributed by atoms with Crippen LogP contribution in [-0.2, 0) is 14.2 Å². The largest absolute Gasteiger partial charge is 0.512 e. The van der Waals surface area contributed by atoms with E-state index in [4.69, 9.17) is 18.9 Å². The second-order valence-corrected chi connectivity index (χ2v) is 13.1. The molecular formula is C32H44O19. The molecule has 17 atom stereocenters. The van der Waals surface area contributed by atoms with Crippen LogP contribution in [0.2, 0.25) is 0 Å². The first-order chi connectivity index (χ1) is 24.0. The van der Waals surface area contributed by atoms with E-state index < -0.39 is 123 Å². The van der Waals surface area contributed by atoms with Gasteiger partial charge in [0.15, 0.2) is 0 Å². The van der Waals surface area contributed by atoms with Crippen LogP contribution in [0.5, 0.6) is 11.5 Å². The maximum atomic E-state index is 11.2. The summed E-state index contributed by atoms with van der Waals surface area (Å²) in [7, 11) is 0. The molecule has 15 N–H and O–H groups in total. The predicted molar refractivity (Wildman–Crippen MR) is 166 cm³/mol. The van der Waals surface area contributed by atoms with E-state index >= 15 is 0 Å². The van der Waals surface area contributed by atoms with E-state index in [1.807, 2.05) is 0 Å². The van der Waals surface area contributed by atoms with Crippen LogP contribution in [-0.4, -0.2) is 193 Å². The first kappa shape index (κ1) is 39.4. The minimum atomic E-state index is -2.05. The summed E-state index contributed by atoms with van der Waals surface area (Å²) in [4.78, 5) is 0. The molecule has 5 rings (SSSR count). The maximum Gasteiger partial charge on any atom is 0.229 e. The summed E-state index contributed by atoms with van der Waals surface area (Å²) in [5, 5.41) is 155. The number of hydrogen-bond acceptors (Lipinski definition) is 19. The van der Waals surface area contributed by atoms with Crippen LogP contribution in [0.15, 0.2) is 47.8 Å². The van der Waals surface area contributed by atoms with Gasteiger partial charge in [-0.3, -0.25) is 0 Å². The van der Waals surface area contributed by atoms with Gasteiger partial charge < -0.3 is 95.5 Å². The second kappa shape index (κ2) is 15.7. The molecule has 51 heavy (non-hydrogen) atoms. The van der Waals surface area contributed by atoms with E-state index in [2.05, 4.69) is 0 Å². The molecule has 1 aliphatic carbocycles. The lowest BCUT2D eigenvalue weighted by Gasteiger charge is -2.47. The highest BCUT2D eigenvalue weighted by molar-refractivity contribution is 5.59. The van der Waals surface area contributed by atoms with Crippen molar-refractivity contribution in [3.63, 3.8) is 0 Å². The molecule has 0 bridgehead atoms. The number of hydrogen-bond donors (Lipinski definition) is 15. The second-order valence-electron chi connectivity index (χ2n) is 13.1. The Morgan fingerprint density at radius 1 is 0.706 bits per heavy atom. The molecule has 0 amide bonds. The van der Waals surface area contributed by atoms with Crippen LogP contribution in [0.4, 0.5) is 0 Å². The Morgan fingerprint density at radius 3 is 1.88 bits per heavy atom. The number of ether oxygens (including phenoxy) is 4. The summed E-state index contributed by atoms with van der Waals surface area (Å²) in [6.07, 6.45) is -23.4. The fourth-order valence-electron chi connectivity index (χ4n) is 6.56. The Hall–Kier alpha value is -2.80. The van der Waals surface area contributed by atoms with Gasteiger partial charge in [-0.05, 0) is 23.8 Å².